The summed E-state index contributed by atoms with van der Waals surface area (Å²) in [6, 6.07) is 15.2. The van der Waals surface area contributed by atoms with Crippen LogP contribution in [0.25, 0.3) is 11.1 Å². The highest BCUT2D eigenvalue weighted by atomic mass is 35.5. The van der Waals surface area contributed by atoms with Crippen LogP contribution in [-0.2, 0) is 21.3 Å². The van der Waals surface area contributed by atoms with Crippen LogP contribution in [0.1, 0.15) is 5.56 Å². The minimum absolute atomic E-state index is 0.110. The van der Waals surface area contributed by atoms with Crippen molar-refractivity contribution < 1.29 is 9.00 Å². The Bertz CT molecular complexity index is 658. The lowest BCUT2D eigenvalue weighted by Crippen LogP contribution is -2.20. The van der Waals surface area contributed by atoms with Gasteiger partial charge in [0.2, 0.25) is 5.91 Å². The maximum atomic E-state index is 11.7. The Morgan fingerprint density at radius 2 is 1.75 bits per heavy atom. The van der Waals surface area contributed by atoms with Gasteiger partial charge < -0.3 is 5.73 Å². The first-order valence-corrected chi connectivity index (χ1v) is 7.89. The van der Waals surface area contributed by atoms with Gasteiger partial charge in [-0.05, 0) is 28.8 Å². The minimum Gasteiger partial charge on any atom is -0.369 e. The lowest BCUT2D eigenvalue weighted by Gasteiger charge is -2.06. The highest BCUT2D eigenvalue weighted by molar-refractivity contribution is 7.84. The number of carbonyl (C=O) groups excluding carboxylic acids is 1. The second kappa shape index (κ2) is 6.68. The SMILES string of the molecule is NC(=O)CS(=O)Cc1cccc(-c2cccc(Cl)c2)c1. The topological polar surface area (TPSA) is 60.2 Å². The second-order valence-electron chi connectivity index (χ2n) is 4.41. The van der Waals surface area contributed by atoms with Crippen LogP contribution < -0.4 is 5.73 Å². The number of amides is 1. The van der Waals surface area contributed by atoms with Gasteiger partial charge in [-0.2, -0.15) is 0 Å². The molecular weight excluding hydrogens is 294 g/mol. The zero-order chi connectivity index (χ0) is 14.5. The molecule has 2 aromatic rings. The first-order valence-electron chi connectivity index (χ1n) is 6.03. The summed E-state index contributed by atoms with van der Waals surface area (Å²) in [7, 11) is -1.27. The molecule has 2 aromatic carbocycles. The van der Waals surface area contributed by atoms with Crippen LogP contribution in [0, 0.1) is 0 Å². The maximum absolute atomic E-state index is 11.7. The Labute approximate surface area is 125 Å². The van der Waals surface area contributed by atoms with Crippen molar-refractivity contribution in [3.63, 3.8) is 0 Å². The smallest absolute Gasteiger partial charge is 0.230 e. The third-order valence-electron chi connectivity index (χ3n) is 2.72. The first kappa shape index (κ1) is 14.8. The number of carbonyl (C=O) groups is 1. The number of rotatable bonds is 5. The van der Waals surface area contributed by atoms with Gasteiger partial charge >= 0.3 is 0 Å². The molecule has 1 amide bonds. The summed E-state index contributed by atoms with van der Waals surface area (Å²) in [4.78, 5) is 10.7. The summed E-state index contributed by atoms with van der Waals surface area (Å²) >= 11 is 5.98. The fraction of sp³-hybridized carbons (Fsp3) is 0.133. The van der Waals surface area contributed by atoms with Crippen molar-refractivity contribution in [1.82, 2.24) is 0 Å². The molecule has 0 heterocycles. The quantitative estimate of drug-likeness (QED) is 0.923. The maximum Gasteiger partial charge on any atom is 0.230 e. The zero-order valence-electron chi connectivity index (χ0n) is 10.7. The van der Waals surface area contributed by atoms with Gasteiger partial charge in [0.15, 0.2) is 0 Å². The number of hydrogen-bond donors (Lipinski definition) is 1. The molecule has 0 fully saturated rings. The lowest BCUT2D eigenvalue weighted by molar-refractivity contribution is -0.115. The number of primary amides is 1. The Kier molecular flexibility index (Phi) is 4.93. The largest absolute Gasteiger partial charge is 0.369 e. The summed E-state index contributed by atoms with van der Waals surface area (Å²) < 4.78 is 11.7. The normalized spacial score (nSPS) is 12.1. The highest BCUT2D eigenvalue weighted by Gasteiger charge is 2.07. The Morgan fingerprint density at radius 1 is 1.10 bits per heavy atom. The molecule has 3 nitrogen and oxygen atoms in total. The first-order chi connectivity index (χ1) is 9.54. The fourth-order valence-corrected chi connectivity index (χ4v) is 3.07. The van der Waals surface area contributed by atoms with Gasteiger partial charge in [0, 0.05) is 21.6 Å². The average Bonchev–Trinajstić information content (AvgIpc) is 2.38. The summed E-state index contributed by atoms with van der Waals surface area (Å²) in [5.41, 5.74) is 7.94. The predicted molar refractivity (Wildman–Crippen MR) is 82.8 cm³/mol. The predicted octanol–water partition coefficient (Wildman–Crippen LogP) is 2.74. The van der Waals surface area contributed by atoms with E-state index in [1.54, 1.807) is 0 Å². The number of nitrogens with two attached hydrogens (primary N) is 1. The van der Waals surface area contributed by atoms with Crippen LogP contribution >= 0.6 is 11.6 Å². The molecule has 2 N–H and O–H groups in total. The van der Waals surface area contributed by atoms with Gasteiger partial charge in [-0.3, -0.25) is 9.00 Å². The van der Waals surface area contributed by atoms with Crippen molar-refractivity contribution in [3.8, 4) is 11.1 Å². The standard InChI is InChI=1S/C15H14ClNO2S/c16-14-6-2-5-13(8-14)12-4-1-3-11(7-12)9-20(19)10-15(17)18/h1-8H,9-10H2,(H2,17,18). The van der Waals surface area contributed by atoms with E-state index in [-0.39, 0.29) is 5.75 Å². The van der Waals surface area contributed by atoms with Crippen LogP contribution in [-0.4, -0.2) is 15.9 Å². The van der Waals surface area contributed by atoms with E-state index >= 15 is 0 Å². The van der Waals surface area contributed by atoms with E-state index in [0.717, 1.165) is 16.7 Å². The van der Waals surface area contributed by atoms with E-state index in [4.69, 9.17) is 17.3 Å². The van der Waals surface area contributed by atoms with E-state index in [2.05, 4.69) is 0 Å². The van der Waals surface area contributed by atoms with Gasteiger partial charge in [0.1, 0.15) is 5.75 Å². The van der Waals surface area contributed by atoms with Gasteiger partial charge in [-0.15, -0.1) is 0 Å². The summed E-state index contributed by atoms with van der Waals surface area (Å²) in [5.74, 6) is -0.340. The van der Waals surface area contributed by atoms with Gasteiger partial charge in [0.25, 0.3) is 0 Å². The van der Waals surface area contributed by atoms with E-state index in [0.29, 0.717) is 10.8 Å². The molecule has 0 aromatic heterocycles. The van der Waals surface area contributed by atoms with Crippen LogP contribution in [0.15, 0.2) is 48.5 Å². The molecule has 0 saturated heterocycles. The molecule has 1 unspecified atom stereocenters. The van der Waals surface area contributed by atoms with Crippen molar-refractivity contribution in [2.45, 2.75) is 5.75 Å². The van der Waals surface area contributed by atoms with E-state index < -0.39 is 16.7 Å². The summed E-state index contributed by atoms with van der Waals surface area (Å²) in [6.45, 7) is 0. The molecule has 0 spiro atoms. The molecule has 5 heteroatoms. The Morgan fingerprint density at radius 3 is 2.40 bits per heavy atom. The summed E-state index contributed by atoms with van der Waals surface area (Å²) in [5, 5.41) is 0.671. The number of halogens is 1. The number of hydrogen-bond acceptors (Lipinski definition) is 2. The van der Waals surface area contributed by atoms with E-state index in [9.17, 15) is 9.00 Å². The third kappa shape index (κ3) is 4.18. The molecule has 0 aliphatic heterocycles. The molecule has 0 bridgehead atoms. The van der Waals surface area contributed by atoms with Gasteiger partial charge in [-0.1, -0.05) is 48.0 Å². The van der Waals surface area contributed by atoms with Gasteiger partial charge in [0.05, 0.1) is 0 Å². The van der Waals surface area contributed by atoms with Gasteiger partial charge in [-0.25, -0.2) is 0 Å². The lowest BCUT2D eigenvalue weighted by atomic mass is 10.0. The van der Waals surface area contributed by atoms with Crippen molar-refractivity contribution in [1.29, 1.82) is 0 Å². The third-order valence-corrected chi connectivity index (χ3v) is 4.21. The molecule has 1 atom stereocenters. The van der Waals surface area contributed by atoms with Crippen molar-refractivity contribution in [3.05, 3.63) is 59.1 Å². The monoisotopic (exact) mass is 307 g/mol. The zero-order valence-corrected chi connectivity index (χ0v) is 12.3. The molecule has 104 valence electrons. The minimum atomic E-state index is -1.27. The fourth-order valence-electron chi connectivity index (χ4n) is 1.90. The molecule has 0 saturated carbocycles. The second-order valence-corrected chi connectivity index (χ2v) is 6.30. The number of benzene rings is 2. The molecule has 0 aliphatic rings. The molecule has 2 rings (SSSR count). The van der Waals surface area contributed by atoms with E-state index in [1.165, 1.54) is 0 Å². The molecule has 0 aliphatic carbocycles. The van der Waals surface area contributed by atoms with Crippen LogP contribution in [0.4, 0.5) is 0 Å². The van der Waals surface area contributed by atoms with Crippen LogP contribution in [0.3, 0.4) is 0 Å². The van der Waals surface area contributed by atoms with E-state index in [1.807, 2.05) is 48.5 Å². The van der Waals surface area contributed by atoms with Crippen molar-refractivity contribution in [2.24, 2.45) is 5.73 Å². The molecular formula is C15H14ClNO2S. The van der Waals surface area contributed by atoms with Crippen LogP contribution in [0.2, 0.25) is 5.02 Å². The molecule has 0 radical (unpaired) electrons. The Balaban J connectivity index is 2.20. The average molecular weight is 308 g/mol. The summed E-state index contributed by atoms with van der Waals surface area (Å²) in [6.07, 6.45) is 0. The van der Waals surface area contributed by atoms with Crippen molar-refractivity contribution in [2.75, 3.05) is 5.75 Å². The Hall–Kier alpha value is -1.65. The van der Waals surface area contributed by atoms with Crippen LogP contribution in [0.5, 0.6) is 0 Å². The van der Waals surface area contributed by atoms with Crippen molar-refractivity contribution >= 4 is 28.3 Å². The highest BCUT2D eigenvalue weighted by Crippen LogP contribution is 2.23. The molecule has 20 heavy (non-hydrogen) atoms.